The average Bonchev–Trinajstić information content (AvgIpc) is 2.85. The molecule has 0 N–H and O–H groups in total. The molecule has 14 heavy (non-hydrogen) atoms. The van der Waals surface area contributed by atoms with Gasteiger partial charge in [-0.05, 0) is 18.3 Å². The van der Waals surface area contributed by atoms with Gasteiger partial charge in [0.1, 0.15) is 0 Å². The molecule has 2 rings (SSSR count). The van der Waals surface area contributed by atoms with Crippen molar-refractivity contribution < 1.29 is 0 Å². The van der Waals surface area contributed by atoms with Crippen LogP contribution in [0.5, 0.6) is 0 Å². The molecule has 2 heteroatoms. The van der Waals surface area contributed by atoms with Crippen molar-refractivity contribution in [2.45, 2.75) is 58.8 Å². The smallest absolute Gasteiger partial charge is 0.0958 e. The van der Waals surface area contributed by atoms with Gasteiger partial charge in [0, 0.05) is 17.0 Å². The summed E-state index contributed by atoms with van der Waals surface area (Å²) in [6, 6.07) is 0. The van der Waals surface area contributed by atoms with Crippen LogP contribution in [-0.4, -0.2) is 4.98 Å². The van der Waals surface area contributed by atoms with Crippen LogP contribution in [0.2, 0.25) is 0 Å². The summed E-state index contributed by atoms with van der Waals surface area (Å²) in [6.07, 6.45) is 4.77. The Labute approximate surface area is 91.6 Å². The third-order valence-corrected chi connectivity index (χ3v) is 3.77. The van der Waals surface area contributed by atoms with Crippen molar-refractivity contribution in [2.75, 3.05) is 0 Å². The van der Waals surface area contributed by atoms with Gasteiger partial charge in [0.25, 0.3) is 0 Å². The van der Waals surface area contributed by atoms with Crippen LogP contribution in [0, 0.1) is 0 Å². The lowest BCUT2D eigenvalue weighted by molar-refractivity contribution is 0.602. The summed E-state index contributed by atoms with van der Waals surface area (Å²) in [5, 5.41) is 1.36. The van der Waals surface area contributed by atoms with E-state index in [4.69, 9.17) is 0 Å². The predicted octanol–water partition coefficient (Wildman–Crippen LogP) is 4.34. The summed E-state index contributed by atoms with van der Waals surface area (Å²) < 4.78 is 0. The van der Waals surface area contributed by atoms with E-state index >= 15 is 0 Å². The summed E-state index contributed by atoms with van der Waals surface area (Å²) >= 11 is 1.90. The fourth-order valence-corrected chi connectivity index (χ4v) is 2.30. The maximum Gasteiger partial charge on any atom is 0.0958 e. The van der Waals surface area contributed by atoms with Crippen molar-refractivity contribution in [2.24, 2.45) is 0 Å². The Morgan fingerprint density at radius 1 is 1.29 bits per heavy atom. The fourth-order valence-electron chi connectivity index (χ4n) is 1.15. The number of thiazole rings is 1. The van der Waals surface area contributed by atoms with E-state index in [1.54, 1.807) is 0 Å². The molecule has 1 aromatic heterocycles. The SMILES string of the molecule is CC.CC(C)(C)c1cnc(C2CC2)s1. The van der Waals surface area contributed by atoms with Crippen molar-refractivity contribution in [3.63, 3.8) is 0 Å². The Morgan fingerprint density at radius 3 is 2.21 bits per heavy atom. The maximum atomic E-state index is 4.46. The van der Waals surface area contributed by atoms with Gasteiger partial charge in [0.2, 0.25) is 0 Å². The molecule has 0 aliphatic heterocycles. The summed E-state index contributed by atoms with van der Waals surface area (Å²) in [5.41, 5.74) is 0.283. The van der Waals surface area contributed by atoms with E-state index in [0.29, 0.717) is 0 Å². The maximum absolute atomic E-state index is 4.46. The zero-order valence-electron chi connectivity index (χ0n) is 9.92. The highest BCUT2D eigenvalue weighted by Gasteiger charge is 2.28. The third kappa shape index (κ3) is 2.81. The fraction of sp³-hybridized carbons (Fsp3) is 0.750. The minimum Gasteiger partial charge on any atom is -0.249 e. The van der Waals surface area contributed by atoms with Gasteiger partial charge in [-0.3, -0.25) is 0 Å². The van der Waals surface area contributed by atoms with E-state index < -0.39 is 0 Å². The molecule has 0 radical (unpaired) electrons. The summed E-state index contributed by atoms with van der Waals surface area (Å²) in [5.74, 6) is 0.811. The van der Waals surface area contributed by atoms with Crippen LogP contribution in [0.25, 0.3) is 0 Å². The lowest BCUT2D eigenvalue weighted by Crippen LogP contribution is -2.07. The molecule has 0 bridgehead atoms. The molecule has 80 valence electrons. The molecule has 0 saturated heterocycles. The van der Waals surface area contributed by atoms with Gasteiger partial charge in [-0.1, -0.05) is 34.6 Å². The standard InChI is InChI=1S/C10H15NS.C2H6/c1-10(2,3)8-6-11-9(12-8)7-4-5-7;1-2/h6-7H,4-5H2,1-3H3;1-2H3. The van der Waals surface area contributed by atoms with Crippen LogP contribution in [0.3, 0.4) is 0 Å². The Morgan fingerprint density at radius 2 is 1.86 bits per heavy atom. The van der Waals surface area contributed by atoms with Crippen molar-refractivity contribution in [3.05, 3.63) is 16.1 Å². The van der Waals surface area contributed by atoms with Gasteiger partial charge in [-0.2, -0.15) is 0 Å². The van der Waals surface area contributed by atoms with Crippen LogP contribution in [0.1, 0.15) is 63.3 Å². The van der Waals surface area contributed by atoms with Gasteiger partial charge in [-0.15, -0.1) is 11.3 Å². The number of aromatic nitrogens is 1. The Kier molecular flexibility index (Phi) is 3.71. The highest BCUT2D eigenvalue weighted by molar-refractivity contribution is 7.11. The second kappa shape index (κ2) is 4.43. The number of hydrogen-bond donors (Lipinski definition) is 0. The Hall–Kier alpha value is -0.370. The van der Waals surface area contributed by atoms with Gasteiger partial charge < -0.3 is 0 Å². The Bertz CT molecular complexity index is 279. The average molecular weight is 211 g/mol. The first-order chi connectivity index (χ1) is 6.57. The minimum atomic E-state index is 0.283. The molecule has 1 heterocycles. The number of hydrogen-bond acceptors (Lipinski definition) is 2. The second-order valence-corrected chi connectivity index (χ2v) is 5.65. The number of rotatable bonds is 1. The summed E-state index contributed by atoms with van der Waals surface area (Å²) in [4.78, 5) is 5.88. The van der Waals surface area contributed by atoms with Crippen molar-refractivity contribution in [1.82, 2.24) is 4.98 Å². The normalized spacial score (nSPS) is 16.1. The first kappa shape index (κ1) is 11.7. The van der Waals surface area contributed by atoms with Gasteiger partial charge in [0.05, 0.1) is 5.01 Å². The zero-order chi connectivity index (χ0) is 10.8. The van der Waals surface area contributed by atoms with Gasteiger partial charge in [-0.25, -0.2) is 4.98 Å². The zero-order valence-corrected chi connectivity index (χ0v) is 10.7. The van der Waals surface area contributed by atoms with Crippen molar-refractivity contribution in [3.8, 4) is 0 Å². The molecule has 1 nitrogen and oxygen atoms in total. The quantitative estimate of drug-likeness (QED) is 0.673. The lowest BCUT2D eigenvalue weighted by atomic mass is 9.96. The lowest BCUT2D eigenvalue weighted by Gasteiger charge is -2.14. The highest BCUT2D eigenvalue weighted by Crippen LogP contribution is 2.43. The van der Waals surface area contributed by atoms with E-state index in [1.165, 1.54) is 22.7 Å². The molecular formula is C12H21NS. The van der Waals surface area contributed by atoms with Crippen molar-refractivity contribution >= 4 is 11.3 Å². The predicted molar refractivity (Wildman–Crippen MR) is 64.1 cm³/mol. The molecule has 0 atom stereocenters. The first-order valence-electron chi connectivity index (χ1n) is 5.53. The summed E-state index contributed by atoms with van der Waals surface area (Å²) in [6.45, 7) is 10.7. The molecule has 1 saturated carbocycles. The molecule has 0 amide bonds. The van der Waals surface area contributed by atoms with Crippen LogP contribution in [0.15, 0.2) is 6.20 Å². The van der Waals surface area contributed by atoms with Crippen LogP contribution < -0.4 is 0 Å². The van der Waals surface area contributed by atoms with E-state index in [-0.39, 0.29) is 5.41 Å². The first-order valence-corrected chi connectivity index (χ1v) is 6.35. The largest absolute Gasteiger partial charge is 0.249 e. The van der Waals surface area contributed by atoms with E-state index in [0.717, 1.165) is 5.92 Å². The highest BCUT2D eigenvalue weighted by atomic mass is 32.1. The molecule has 0 unspecified atom stereocenters. The molecule has 1 aliphatic carbocycles. The van der Waals surface area contributed by atoms with Crippen molar-refractivity contribution in [1.29, 1.82) is 0 Å². The van der Waals surface area contributed by atoms with E-state index in [2.05, 4.69) is 32.0 Å². The van der Waals surface area contributed by atoms with Crippen LogP contribution >= 0.6 is 11.3 Å². The van der Waals surface area contributed by atoms with Crippen LogP contribution in [0.4, 0.5) is 0 Å². The monoisotopic (exact) mass is 211 g/mol. The van der Waals surface area contributed by atoms with Crippen LogP contribution in [-0.2, 0) is 5.41 Å². The third-order valence-electron chi connectivity index (χ3n) is 2.19. The van der Waals surface area contributed by atoms with Gasteiger partial charge >= 0.3 is 0 Å². The molecule has 0 spiro atoms. The minimum absolute atomic E-state index is 0.283. The molecule has 1 aliphatic rings. The Balaban J connectivity index is 0.000000461. The molecule has 1 aromatic rings. The number of nitrogens with zero attached hydrogens (tertiary/aromatic N) is 1. The molecule has 0 aromatic carbocycles. The molecule has 1 fully saturated rings. The summed E-state index contributed by atoms with van der Waals surface area (Å²) in [7, 11) is 0. The van der Waals surface area contributed by atoms with Gasteiger partial charge in [0.15, 0.2) is 0 Å². The molecular weight excluding hydrogens is 190 g/mol. The van der Waals surface area contributed by atoms with E-state index in [9.17, 15) is 0 Å². The second-order valence-electron chi connectivity index (χ2n) is 4.59. The van der Waals surface area contributed by atoms with E-state index in [1.807, 2.05) is 25.2 Å². The topological polar surface area (TPSA) is 12.9 Å².